The second kappa shape index (κ2) is 5.98. The van der Waals surface area contributed by atoms with Gasteiger partial charge < -0.3 is 10.0 Å². The van der Waals surface area contributed by atoms with Crippen molar-refractivity contribution in [2.45, 2.75) is 50.0 Å². The average Bonchev–Trinajstić information content (AvgIpc) is 3.29. The van der Waals surface area contributed by atoms with Crippen molar-refractivity contribution < 1.29 is 9.90 Å². The van der Waals surface area contributed by atoms with Crippen LogP contribution in [0.25, 0.3) is 0 Å². The van der Waals surface area contributed by atoms with Gasteiger partial charge in [0.1, 0.15) is 0 Å². The predicted molar refractivity (Wildman–Crippen MR) is 83.4 cm³/mol. The van der Waals surface area contributed by atoms with Crippen molar-refractivity contribution in [2.24, 2.45) is 0 Å². The van der Waals surface area contributed by atoms with Crippen molar-refractivity contribution in [2.75, 3.05) is 13.2 Å². The molecule has 1 N–H and O–H groups in total. The van der Waals surface area contributed by atoms with Gasteiger partial charge in [-0.05, 0) is 56.2 Å². The van der Waals surface area contributed by atoms with Gasteiger partial charge in [0.15, 0.2) is 0 Å². The van der Waals surface area contributed by atoms with Gasteiger partial charge in [0.2, 0.25) is 5.91 Å². The monoisotopic (exact) mass is 307 g/mol. The van der Waals surface area contributed by atoms with Gasteiger partial charge in [0.25, 0.3) is 0 Å². The van der Waals surface area contributed by atoms with Crippen LogP contribution < -0.4 is 0 Å². The third-order valence-electron chi connectivity index (χ3n) is 4.89. The Balaban J connectivity index is 1.83. The molecule has 21 heavy (non-hydrogen) atoms. The van der Waals surface area contributed by atoms with E-state index in [2.05, 4.69) is 0 Å². The molecule has 0 aromatic heterocycles. The molecule has 1 heterocycles. The van der Waals surface area contributed by atoms with E-state index in [0.717, 1.165) is 44.2 Å². The van der Waals surface area contributed by atoms with Crippen LogP contribution in [-0.4, -0.2) is 35.1 Å². The van der Waals surface area contributed by atoms with Crippen molar-refractivity contribution in [3.63, 3.8) is 0 Å². The fraction of sp³-hybridized carbons (Fsp3) is 0.588. The summed E-state index contributed by atoms with van der Waals surface area (Å²) in [6, 6.07) is 7.92. The third-order valence-corrected chi connectivity index (χ3v) is 5.12. The van der Waals surface area contributed by atoms with Crippen LogP contribution in [0.5, 0.6) is 0 Å². The van der Waals surface area contributed by atoms with Gasteiger partial charge in [-0.3, -0.25) is 4.79 Å². The Hall–Kier alpha value is -1.06. The molecular formula is C17H22ClNO2. The molecule has 1 saturated carbocycles. The lowest BCUT2D eigenvalue weighted by Gasteiger charge is -2.38. The van der Waals surface area contributed by atoms with E-state index in [1.54, 1.807) is 0 Å². The van der Waals surface area contributed by atoms with Crippen molar-refractivity contribution in [1.82, 2.24) is 4.90 Å². The number of amides is 1. The molecule has 0 radical (unpaired) electrons. The molecule has 1 saturated heterocycles. The molecule has 1 aromatic rings. The zero-order chi connectivity index (χ0) is 14.9. The lowest BCUT2D eigenvalue weighted by molar-refractivity contribution is -0.138. The summed E-state index contributed by atoms with van der Waals surface area (Å²) in [4.78, 5) is 15.1. The summed E-state index contributed by atoms with van der Waals surface area (Å²) in [6.45, 7) is 0.977. The third kappa shape index (κ3) is 2.82. The summed E-state index contributed by atoms with van der Waals surface area (Å²) in [7, 11) is 0. The summed E-state index contributed by atoms with van der Waals surface area (Å²) in [5.74, 6) is 0.239. The maximum absolute atomic E-state index is 13.1. The van der Waals surface area contributed by atoms with Crippen LogP contribution in [0, 0.1) is 0 Å². The van der Waals surface area contributed by atoms with Gasteiger partial charge in [0.05, 0.1) is 5.41 Å². The highest BCUT2D eigenvalue weighted by Crippen LogP contribution is 2.50. The van der Waals surface area contributed by atoms with E-state index in [1.807, 2.05) is 29.2 Å². The van der Waals surface area contributed by atoms with Crippen molar-refractivity contribution in [3.05, 3.63) is 34.9 Å². The largest absolute Gasteiger partial charge is 0.396 e. The minimum Gasteiger partial charge on any atom is -0.396 e. The molecule has 1 aliphatic carbocycles. The molecule has 3 nitrogen and oxygen atoms in total. The molecule has 2 fully saturated rings. The Bertz CT molecular complexity index is 525. The van der Waals surface area contributed by atoms with E-state index in [9.17, 15) is 9.90 Å². The van der Waals surface area contributed by atoms with Crippen LogP contribution in [0.1, 0.15) is 44.1 Å². The lowest BCUT2D eigenvalue weighted by Crippen LogP contribution is -2.48. The maximum Gasteiger partial charge on any atom is 0.233 e. The minimum atomic E-state index is -0.351. The average molecular weight is 308 g/mol. The first kappa shape index (κ1) is 14.9. The molecule has 3 rings (SSSR count). The number of piperidine rings is 1. The molecule has 0 bridgehead atoms. The molecule has 4 heteroatoms. The number of benzene rings is 1. The summed E-state index contributed by atoms with van der Waals surface area (Å²) >= 11 is 6.09. The van der Waals surface area contributed by atoms with Crippen LogP contribution in [0.2, 0.25) is 5.02 Å². The van der Waals surface area contributed by atoms with Crippen LogP contribution in [-0.2, 0) is 10.2 Å². The highest BCUT2D eigenvalue weighted by molar-refractivity contribution is 6.30. The van der Waals surface area contributed by atoms with Gasteiger partial charge >= 0.3 is 0 Å². The summed E-state index contributed by atoms with van der Waals surface area (Å²) in [5, 5.41) is 9.93. The first-order valence-corrected chi connectivity index (χ1v) is 8.23. The van der Waals surface area contributed by atoms with Crippen molar-refractivity contribution in [3.8, 4) is 0 Å². The number of aliphatic hydroxyl groups is 1. The van der Waals surface area contributed by atoms with Gasteiger partial charge in [-0.25, -0.2) is 0 Å². The number of rotatable bonds is 4. The Morgan fingerprint density at radius 1 is 1.38 bits per heavy atom. The van der Waals surface area contributed by atoms with Gasteiger partial charge in [0, 0.05) is 24.2 Å². The molecule has 1 unspecified atom stereocenters. The highest BCUT2D eigenvalue weighted by atomic mass is 35.5. The minimum absolute atomic E-state index is 0.151. The lowest BCUT2D eigenvalue weighted by atomic mass is 9.91. The number of carbonyl (C=O) groups is 1. The Kier molecular flexibility index (Phi) is 4.23. The number of aliphatic hydroxyl groups excluding tert-OH is 1. The standard InChI is InChI=1S/C17H22ClNO2/c18-14-5-3-4-13(12-14)17(8-9-17)16(21)19-10-2-1-6-15(19)7-11-20/h3-5,12,15,20H,1-2,6-11H2. The Labute approximate surface area is 130 Å². The molecule has 1 aliphatic heterocycles. The van der Waals surface area contributed by atoms with E-state index >= 15 is 0 Å². The summed E-state index contributed by atoms with van der Waals surface area (Å²) in [5.41, 5.74) is 0.698. The molecule has 2 aliphatic rings. The number of halogens is 1. The SMILES string of the molecule is O=C(N1CCCCC1CCO)C1(c2cccc(Cl)c2)CC1. The molecule has 1 atom stereocenters. The molecule has 1 amide bonds. The second-order valence-corrected chi connectivity index (χ2v) is 6.69. The smallest absolute Gasteiger partial charge is 0.233 e. The van der Waals surface area contributed by atoms with Crippen LogP contribution >= 0.6 is 11.6 Å². The quantitative estimate of drug-likeness (QED) is 0.928. The van der Waals surface area contributed by atoms with E-state index in [1.165, 1.54) is 0 Å². The molecule has 0 spiro atoms. The molecule has 114 valence electrons. The molecule has 1 aromatic carbocycles. The fourth-order valence-electron chi connectivity index (χ4n) is 3.53. The topological polar surface area (TPSA) is 40.5 Å². The summed E-state index contributed by atoms with van der Waals surface area (Å²) < 4.78 is 0. The highest BCUT2D eigenvalue weighted by Gasteiger charge is 2.54. The fourth-order valence-corrected chi connectivity index (χ4v) is 3.72. The first-order valence-electron chi connectivity index (χ1n) is 7.85. The number of hydrogen-bond acceptors (Lipinski definition) is 2. The van der Waals surface area contributed by atoms with Crippen LogP contribution in [0.15, 0.2) is 24.3 Å². The van der Waals surface area contributed by atoms with Crippen LogP contribution in [0.3, 0.4) is 0 Å². The van der Waals surface area contributed by atoms with Crippen molar-refractivity contribution >= 4 is 17.5 Å². The number of hydrogen-bond donors (Lipinski definition) is 1. The zero-order valence-corrected chi connectivity index (χ0v) is 13.0. The van der Waals surface area contributed by atoms with E-state index in [-0.39, 0.29) is 24.0 Å². The first-order chi connectivity index (χ1) is 10.2. The van der Waals surface area contributed by atoms with Gasteiger partial charge in [-0.1, -0.05) is 23.7 Å². The normalized spacial score (nSPS) is 23.9. The molecular weight excluding hydrogens is 286 g/mol. The maximum atomic E-state index is 13.1. The van der Waals surface area contributed by atoms with E-state index < -0.39 is 0 Å². The number of nitrogens with zero attached hydrogens (tertiary/aromatic N) is 1. The van der Waals surface area contributed by atoms with E-state index in [0.29, 0.717) is 11.4 Å². The van der Waals surface area contributed by atoms with Gasteiger partial charge in [-0.2, -0.15) is 0 Å². The van der Waals surface area contributed by atoms with Gasteiger partial charge in [-0.15, -0.1) is 0 Å². The Morgan fingerprint density at radius 2 is 2.19 bits per heavy atom. The number of likely N-dealkylation sites (tertiary alicyclic amines) is 1. The zero-order valence-electron chi connectivity index (χ0n) is 12.2. The summed E-state index contributed by atoms with van der Waals surface area (Å²) in [6.07, 6.45) is 5.75. The van der Waals surface area contributed by atoms with Crippen LogP contribution in [0.4, 0.5) is 0 Å². The number of carbonyl (C=O) groups excluding carboxylic acids is 1. The second-order valence-electron chi connectivity index (χ2n) is 6.25. The predicted octanol–water partition coefficient (Wildman–Crippen LogP) is 3.14. The Morgan fingerprint density at radius 3 is 2.86 bits per heavy atom. The van der Waals surface area contributed by atoms with E-state index in [4.69, 9.17) is 11.6 Å². The van der Waals surface area contributed by atoms with Crippen molar-refractivity contribution in [1.29, 1.82) is 0 Å².